The molecule has 4 nitrogen and oxygen atoms in total. The Hall–Kier alpha value is -3.41. The molecule has 0 bridgehead atoms. The minimum atomic E-state index is -1.03. The number of hydrogen-bond donors (Lipinski definition) is 1. The molecule has 6 heteroatoms. The lowest BCUT2D eigenvalue weighted by molar-refractivity contribution is 0.113. The number of benzene rings is 3. The minimum absolute atomic E-state index is 0.185. The lowest BCUT2D eigenvalue weighted by atomic mass is 10.00. The van der Waals surface area contributed by atoms with Crippen molar-refractivity contribution in [3.63, 3.8) is 0 Å². The molecule has 0 saturated carbocycles. The fraction of sp³-hybridized carbons (Fsp3) is 0.174. The van der Waals surface area contributed by atoms with E-state index in [0.717, 1.165) is 17.2 Å². The first-order chi connectivity index (χ1) is 14.0. The van der Waals surface area contributed by atoms with Crippen molar-refractivity contribution in [2.24, 2.45) is 0 Å². The van der Waals surface area contributed by atoms with Crippen LogP contribution in [0.4, 0.5) is 13.6 Å². The highest BCUT2D eigenvalue weighted by molar-refractivity contribution is 5.73. The molecule has 0 spiro atoms. The van der Waals surface area contributed by atoms with Gasteiger partial charge >= 0.3 is 6.09 Å². The van der Waals surface area contributed by atoms with Crippen LogP contribution in [0.5, 0.6) is 5.75 Å². The summed E-state index contributed by atoms with van der Waals surface area (Å²) in [6, 6.07) is 18.2. The predicted octanol–water partition coefficient (Wildman–Crippen LogP) is 5.12. The summed E-state index contributed by atoms with van der Waals surface area (Å²) in [4.78, 5) is 13.0. The molecular weight excluding hydrogens is 376 g/mol. The van der Waals surface area contributed by atoms with Crippen molar-refractivity contribution >= 4 is 6.09 Å². The molecule has 0 fully saturated rings. The Bertz CT molecular complexity index is 1040. The van der Waals surface area contributed by atoms with Crippen LogP contribution in [0.25, 0.3) is 11.1 Å². The molecule has 1 aliphatic rings. The molecule has 148 valence electrons. The van der Waals surface area contributed by atoms with E-state index < -0.39 is 17.7 Å². The molecule has 0 saturated heterocycles. The third-order valence-corrected chi connectivity index (χ3v) is 4.96. The van der Waals surface area contributed by atoms with Crippen LogP contribution < -0.4 is 4.74 Å². The number of carboxylic acid groups (broad SMARTS) is 1. The van der Waals surface area contributed by atoms with Gasteiger partial charge in [0, 0.05) is 30.2 Å². The molecule has 3 aromatic rings. The first-order valence-electron chi connectivity index (χ1n) is 9.27. The van der Waals surface area contributed by atoms with Crippen molar-refractivity contribution in [1.29, 1.82) is 0 Å². The van der Waals surface area contributed by atoms with Crippen LogP contribution in [0.15, 0.2) is 66.7 Å². The van der Waals surface area contributed by atoms with Gasteiger partial charge < -0.3 is 14.7 Å². The summed E-state index contributed by atoms with van der Waals surface area (Å²) in [5, 5.41) is 9.59. The van der Waals surface area contributed by atoms with Gasteiger partial charge in [0.2, 0.25) is 0 Å². The smallest absolute Gasteiger partial charge is 0.407 e. The first kappa shape index (κ1) is 18.9. The van der Waals surface area contributed by atoms with Crippen LogP contribution in [0.2, 0.25) is 0 Å². The summed E-state index contributed by atoms with van der Waals surface area (Å²) < 4.78 is 33.6. The molecule has 1 N–H and O–H groups in total. The highest BCUT2D eigenvalue weighted by Crippen LogP contribution is 2.40. The van der Waals surface area contributed by atoms with Gasteiger partial charge in [-0.3, -0.25) is 0 Å². The van der Waals surface area contributed by atoms with E-state index in [0.29, 0.717) is 17.7 Å². The van der Waals surface area contributed by atoms with E-state index >= 15 is 0 Å². The van der Waals surface area contributed by atoms with Crippen molar-refractivity contribution in [2.75, 3.05) is 6.54 Å². The van der Waals surface area contributed by atoms with Crippen molar-refractivity contribution in [3.05, 3.63) is 89.5 Å². The van der Waals surface area contributed by atoms with Gasteiger partial charge in [-0.1, -0.05) is 48.5 Å². The summed E-state index contributed by atoms with van der Waals surface area (Å²) in [7, 11) is 0. The molecule has 1 heterocycles. The van der Waals surface area contributed by atoms with Crippen LogP contribution in [0.3, 0.4) is 0 Å². The second-order valence-electron chi connectivity index (χ2n) is 7.01. The van der Waals surface area contributed by atoms with Gasteiger partial charge in [-0.25, -0.2) is 13.6 Å². The second kappa shape index (κ2) is 7.91. The van der Waals surface area contributed by atoms with Crippen LogP contribution in [0.1, 0.15) is 11.1 Å². The number of rotatable bonds is 5. The molecule has 1 atom stereocenters. The predicted molar refractivity (Wildman–Crippen MR) is 105 cm³/mol. The number of hydrogen-bond acceptors (Lipinski definition) is 2. The molecule has 1 aliphatic heterocycles. The quantitative estimate of drug-likeness (QED) is 0.653. The topological polar surface area (TPSA) is 49.8 Å². The lowest BCUT2D eigenvalue weighted by Gasteiger charge is -2.23. The number of para-hydroxylation sites is 1. The van der Waals surface area contributed by atoms with Crippen LogP contribution in [0, 0.1) is 11.6 Å². The zero-order valence-corrected chi connectivity index (χ0v) is 15.5. The summed E-state index contributed by atoms with van der Waals surface area (Å²) in [5.74, 6) is -0.787. The Kier molecular flexibility index (Phi) is 5.16. The van der Waals surface area contributed by atoms with E-state index in [1.165, 1.54) is 17.0 Å². The van der Waals surface area contributed by atoms with E-state index in [1.54, 1.807) is 12.1 Å². The number of halogens is 2. The van der Waals surface area contributed by atoms with Crippen molar-refractivity contribution in [2.45, 2.75) is 19.1 Å². The fourth-order valence-corrected chi connectivity index (χ4v) is 3.62. The van der Waals surface area contributed by atoms with E-state index in [4.69, 9.17) is 4.74 Å². The first-order valence-corrected chi connectivity index (χ1v) is 9.27. The zero-order chi connectivity index (χ0) is 20.4. The number of nitrogens with zero attached hydrogens (tertiary/aromatic N) is 1. The summed E-state index contributed by atoms with van der Waals surface area (Å²) in [6.45, 7) is 0.441. The van der Waals surface area contributed by atoms with Crippen LogP contribution >= 0.6 is 0 Å². The van der Waals surface area contributed by atoms with Crippen LogP contribution in [-0.4, -0.2) is 28.7 Å². The SMILES string of the molecule is O=C(O)N(Cc1ccccc1)CC1Cc2cccc(-c3ccc(F)cc3F)c2O1. The van der Waals surface area contributed by atoms with Crippen LogP contribution in [-0.2, 0) is 13.0 Å². The minimum Gasteiger partial charge on any atom is -0.487 e. The largest absolute Gasteiger partial charge is 0.487 e. The molecule has 0 aromatic heterocycles. The van der Waals surface area contributed by atoms with E-state index in [9.17, 15) is 18.7 Å². The Labute approximate surface area is 167 Å². The number of amides is 1. The van der Waals surface area contributed by atoms with Gasteiger partial charge in [0.25, 0.3) is 0 Å². The summed E-state index contributed by atoms with van der Waals surface area (Å²) >= 11 is 0. The van der Waals surface area contributed by atoms with Crippen molar-refractivity contribution in [1.82, 2.24) is 4.90 Å². The molecule has 1 unspecified atom stereocenters. The maximum Gasteiger partial charge on any atom is 0.407 e. The van der Waals surface area contributed by atoms with E-state index in [1.807, 2.05) is 36.4 Å². The van der Waals surface area contributed by atoms with E-state index in [2.05, 4.69) is 0 Å². The van der Waals surface area contributed by atoms with Crippen molar-refractivity contribution < 1.29 is 23.4 Å². The van der Waals surface area contributed by atoms with Gasteiger partial charge in [0.15, 0.2) is 0 Å². The summed E-state index contributed by atoms with van der Waals surface area (Å²) in [6.07, 6.45) is -0.891. The average molecular weight is 395 g/mol. The molecule has 29 heavy (non-hydrogen) atoms. The number of fused-ring (bicyclic) bond motifs is 1. The Morgan fingerprint density at radius 3 is 2.55 bits per heavy atom. The van der Waals surface area contributed by atoms with Crippen molar-refractivity contribution in [3.8, 4) is 16.9 Å². The Morgan fingerprint density at radius 1 is 1.03 bits per heavy atom. The lowest BCUT2D eigenvalue weighted by Crippen LogP contribution is -2.37. The van der Waals surface area contributed by atoms with E-state index in [-0.39, 0.29) is 24.8 Å². The highest BCUT2D eigenvalue weighted by Gasteiger charge is 2.29. The molecule has 0 aliphatic carbocycles. The van der Waals surface area contributed by atoms with Gasteiger partial charge in [0.05, 0.1) is 6.54 Å². The average Bonchev–Trinajstić information content (AvgIpc) is 3.11. The molecule has 3 aromatic carbocycles. The molecule has 1 amide bonds. The Morgan fingerprint density at radius 2 is 1.83 bits per heavy atom. The maximum absolute atomic E-state index is 14.3. The monoisotopic (exact) mass is 395 g/mol. The zero-order valence-electron chi connectivity index (χ0n) is 15.5. The summed E-state index contributed by atoms with van der Waals surface area (Å²) in [5.41, 5.74) is 2.55. The fourth-order valence-electron chi connectivity index (χ4n) is 3.62. The maximum atomic E-state index is 14.3. The van der Waals surface area contributed by atoms with Gasteiger partial charge in [0.1, 0.15) is 23.5 Å². The normalized spacial score (nSPS) is 14.9. The molecule has 4 rings (SSSR count). The second-order valence-corrected chi connectivity index (χ2v) is 7.01. The van der Waals surface area contributed by atoms with Gasteiger partial charge in [-0.05, 0) is 23.3 Å². The standard InChI is InChI=1S/C23H19F2NO3/c24-17-9-10-19(21(25)12-17)20-8-4-7-16-11-18(29-22(16)20)14-26(23(27)28)13-15-5-2-1-3-6-15/h1-10,12,18H,11,13-14H2,(H,27,28). The number of ether oxygens (including phenoxy) is 1. The van der Waals surface area contributed by atoms with Gasteiger partial charge in [-0.2, -0.15) is 0 Å². The third-order valence-electron chi connectivity index (χ3n) is 4.96. The highest BCUT2D eigenvalue weighted by atomic mass is 19.1. The molecule has 0 radical (unpaired) electrons. The van der Waals surface area contributed by atoms with Gasteiger partial charge in [-0.15, -0.1) is 0 Å². The molecular formula is C23H19F2NO3. The third kappa shape index (κ3) is 4.06. The Balaban J connectivity index is 1.55. The number of carbonyl (C=O) groups is 1.